The van der Waals surface area contributed by atoms with Gasteiger partial charge in [0.25, 0.3) is 5.91 Å². The van der Waals surface area contributed by atoms with Crippen LogP contribution in [0, 0.1) is 0 Å². The zero-order valence-electron chi connectivity index (χ0n) is 11.0. The summed E-state index contributed by atoms with van der Waals surface area (Å²) in [6, 6.07) is 5.20. The number of nitrogens with zero attached hydrogens (tertiary/aromatic N) is 2. The maximum absolute atomic E-state index is 12.4. The molecule has 0 radical (unpaired) electrons. The van der Waals surface area contributed by atoms with Crippen molar-refractivity contribution in [3.05, 3.63) is 47.8 Å². The van der Waals surface area contributed by atoms with Crippen LogP contribution in [-0.2, 0) is 17.5 Å². The Hall–Kier alpha value is -2.84. The van der Waals surface area contributed by atoms with E-state index in [1.165, 1.54) is 12.3 Å². The van der Waals surface area contributed by atoms with E-state index in [9.17, 15) is 22.8 Å². The average Bonchev–Trinajstić information content (AvgIpc) is 2.85. The largest absolute Gasteiger partial charge is 0.480 e. The van der Waals surface area contributed by atoms with Gasteiger partial charge in [0.1, 0.15) is 12.2 Å². The van der Waals surface area contributed by atoms with Crippen molar-refractivity contribution >= 4 is 17.6 Å². The highest BCUT2D eigenvalue weighted by atomic mass is 19.4. The summed E-state index contributed by atoms with van der Waals surface area (Å²) in [7, 11) is 0. The number of carbonyl (C=O) groups excluding carboxylic acids is 1. The van der Waals surface area contributed by atoms with Crippen molar-refractivity contribution < 1.29 is 27.9 Å². The highest BCUT2D eigenvalue weighted by molar-refractivity contribution is 6.03. The molecule has 116 valence electrons. The summed E-state index contributed by atoms with van der Waals surface area (Å²) >= 11 is 0. The van der Waals surface area contributed by atoms with Crippen molar-refractivity contribution in [2.75, 3.05) is 5.32 Å². The van der Waals surface area contributed by atoms with E-state index in [1.54, 1.807) is 0 Å². The van der Waals surface area contributed by atoms with Gasteiger partial charge in [0.15, 0.2) is 0 Å². The molecule has 2 rings (SSSR count). The first-order valence-electron chi connectivity index (χ1n) is 5.99. The molecule has 0 saturated heterocycles. The van der Waals surface area contributed by atoms with Gasteiger partial charge in [-0.15, -0.1) is 0 Å². The molecule has 0 bridgehead atoms. The number of alkyl halides is 3. The molecule has 2 N–H and O–H groups in total. The molecule has 0 aliphatic heterocycles. The van der Waals surface area contributed by atoms with Crippen LogP contribution in [0.3, 0.4) is 0 Å². The lowest BCUT2D eigenvalue weighted by atomic mass is 10.2. The number of benzene rings is 1. The molecule has 0 aliphatic carbocycles. The van der Waals surface area contributed by atoms with Gasteiger partial charge in [-0.3, -0.25) is 9.59 Å². The Morgan fingerprint density at radius 2 is 1.82 bits per heavy atom. The molecule has 0 aliphatic rings. The normalized spacial score (nSPS) is 11.2. The van der Waals surface area contributed by atoms with Gasteiger partial charge in [-0.2, -0.15) is 18.3 Å². The van der Waals surface area contributed by atoms with Crippen molar-refractivity contribution in [1.29, 1.82) is 0 Å². The second kappa shape index (κ2) is 5.88. The van der Waals surface area contributed by atoms with E-state index in [1.807, 2.05) is 0 Å². The second-order valence-electron chi connectivity index (χ2n) is 4.30. The number of carbonyl (C=O) groups is 2. The number of hydrogen-bond donors (Lipinski definition) is 2. The van der Waals surface area contributed by atoms with Gasteiger partial charge in [0.05, 0.1) is 5.56 Å². The fraction of sp³-hybridized carbons (Fsp3) is 0.154. The second-order valence-corrected chi connectivity index (χ2v) is 4.30. The number of aromatic nitrogens is 2. The monoisotopic (exact) mass is 313 g/mol. The fourth-order valence-corrected chi connectivity index (χ4v) is 1.72. The summed E-state index contributed by atoms with van der Waals surface area (Å²) < 4.78 is 38.2. The highest BCUT2D eigenvalue weighted by Gasteiger charge is 2.30. The van der Waals surface area contributed by atoms with E-state index < -0.39 is 30.2 Å². The number of nitrogens with one attached hydrogen (secondary N) is 1. The summed E-state index contributed by atoms with van der Waals surface area (Å²) in [6.45, 7) is -0.497. The van der Waals surface area contributed by atoms with Crippen LogP contribution in [0.2, 0.25) is 0 Å². The van der Waals surface area contributed by atoms with Gasteiger partial charge >= 0.3 is 12.1 Å². The first-order chi connectivity index (χ1) is 10.3. The molecule has 0 spiro atoms. The predicted molar refractivity (Wildman–Crippen MR) is 69.3 cm³/mol. The molecule has 0 atom stereocenters. The quantitative estimate of drug-likeness (QED) is 0.906. The topological polar surface area (TPSA) is 84.2 Å². The fourth-order valence-electron chi connectivity index (χ4n) is 1.72. The van der Waals surface area contributed by atoms with Crippen molar-refractivity contribution in [2.24, 2.45) is 0 Å². The van der Waals surface area contributed by atoms with Crippen LogP contribution in [0.4, 0.5) is 18.9 Å². The van der Waals surface area contributed by atoms with Crippen LogP contribution in [0.25, 0.3) is 0 Å². The SMILES string of the molecule is O=C(O)Cn1nccc1C(=O)Nc1ccc(C(F)(F)F)cc1. The van der Waals surface area contributed by atoms with E-state index in [2.05, 4.69) is 10.4 Å². The molecule has 1 aromatic carbocycles. The Balaban J connectivity index is 2.12. The zero-order valence-corrected chi connectivity index (χ0v) is 11.0. The minimum absolute atomic E-state index is 0.0118. The maximum atomic E-state index is 12.4. The Labute approximate surface area is 122 Å². The summed E-state index contributed by atoms with van der Waals surface area (Å²) in [6.07, 6.45) is -3.20. The number of carboxylic acid groups (broad SMARTS) is 1. The molecular weight excluding hydrogens is 303 g/mol. The molecular formula is C13H10F3N3O3. The Morgan fingerprint density at radius 3 is 2.36 bits per heavy atom. The van der Waals surface area contributed by atoms with Gasteiger partial charge in [-0.1, -0.05) is 0 Å². The summed E-state index contributed by atoms with van der Waals surface area (Å²) in [5, 5.41) is 14.8. The van der Waals surface area contributed by atoms with E-state index in [4.69, 9.17) is 5.11 Å². The van der Waals surface area contributed by atoms with Crippen LogP contribution in [-0.4, -0.2) is 26.8 Å². The number of carboxylic acids is 1. The van der Waals surface area contributed by atoms with Crippen LogP contribution >= 0.6 is 0 Å². The Bertz CT molecular complexity index is 693. The van der Waals surface area contributed by atoms with Crippen molar-refractivity contribution in [2.45, 2.75) is 12.7 Å². The van der Waals surface area contributed by atoms with Crippen LogP contribution in [0.15, 0.2) is 36.5 Å². The molecule has 2 aromatic rings. The lowest BCUT2D eigenvalue weighted by Crippen LogP contribution is -2.20. The summed E-state index contributed by atoms with van der Waals surface area (Å²) in [5.74, 6) is -1.84. The zero-order chi connectivity index (χ0) is 16.3. The van der Waals surface area contributed by atoms with E-state index in [0.717, 1.165) is 28.9 Å². The highest BCUT2D eigenvalue weighted by Crippen LogP contribution is 2.29. The Morgan fingerprint density at radius 1 is 1.18 bits per heavy atom. The van der Waals surface area contributed by atoms with Crippen LogP contribution in [0.5, 0.6) is 0 Å². The van der Waals surface area contributed by atoms with E-state index >= 15 is 0 Å². The van der Waals surface area contributed by atoms with Crippen molar-refractivity contribution in [1.82, 2.24) is 9.78 Å². The molecule has 1 aromatic heterocycles. The number of aliphatic carboxylic acids is 1. The van der Waals surface area contributed by atoms with Gasteiger partial charge < -0.3 is 10.4 Å². The van der Waals surface area contributed by atoms with E-state index in [-0.39, 0.29) is 11.4 Å². The minimum Gasteiger partial charge on any atom is -0.480 e. The number of halogens is 3. The maximum Gasteiger partial charge on any atom is 0.416 e. The lowest BCUT2D eigenvalue weighted by Gasteiger charge is -2.09. The lowest BCUT2D eigenvalue weighted by molar-refractivity contribution is -0.138. The summed E-state index contributed by atoms with van der Waals surface area (Å²) in [5.41, 5.74) is -0.690. The molecule has 0 fully saturated rings. The number of anilines is 1. The molecule has 0 unspecified atom stereocenters. The molecule has 1 heterocycles. The Kier molecular flexibility index (Phi) is 4.15. The molecule has 9 heteroatoms. The van der Waals surface area contributed by atoms with Crippen molar-refractivity contribution in [3.8, 4) is 0 Å². The van der Waals surface area contributed by atoms with Gasteiger partial charge in [-0.25, -0.2) is 4.68 Å². The third-order valence-corrected chi connectivity index (χ3v) is 2.70. The van der Waals surface area contributed by atoms with Crippen molar-refractivity contribution in [3.63, 3.8) is 0 Å². The van der Waals surface area contributed by atoms with Gasteiger partial charge in [0, 0.05) is 11.9 Å². The first-order valence-corrected chi connectivity index (χ1v) is 5.99. The summed E-state index contributed by atoms with van der Waals surface area (Å²) in [4.78, 5) is 22.6. The molecule has 6 nitrogen and oxygen atoms in total. The molecule has 22 heavy (non-hydrogen) atoms. The molecule has 1 amide bonds. The third-order valence-electron chi connectivity index (χ3n) is 2.70. The smallest absolute Gasteiger partial charge is 0.416 e. The average molecular weight is 313 g/mol. The number of rotatable bonds is 4. The standard InChI is InChI=1S/C13H10F3N3O3/c14-13(15,16)8-1-3-9(4-2-8)18-12(22)10-5-6-17-19(10)7-11(20)21/h1-6H,7H2,(H,18,22)(H,20,21). The minimum atomic E-state index is -4.46. The van der Waals surface area contributed by atoms with Gasteiger partial charge in [-0.05, 0) is 30.3 Å². The first kappa shape index (κ1) is 15.5. The van der Waals surface area contributed by atoms with Crippen LogP contribution < -0.4 is 5.32 Å². The van der Waals surface area contributed by atoms with E-state index in [0.29, 0.717) is 0 Å². The predicted octanol–water partition coefficient (Wildman–Crippen LogP) is 2.24. The molecule has 0 saturated carbocycles. The van der Waals surface area contributed by atoms with Gasteiger partial charge in [0.2, 0.25) is 0 Å². The van der Waals surface area contributed by atoms with Crippen LogP contribution in [0.1, 0.15) is 16.1 Å². The number of hydrogen-bond acceptors (Lipinski definition) is 3. The number of amides is 1. The third kappa shape index (κ3) is 3.62.